The van der Waals surface area contributed by atoms with Crippen molar-refractivity contribution in [3.05, 3.63) is 180 Å². The molecule has 2 amide bonds. The maximum Gasteiger partial charge on any atom is 0.321 e. The summed E-state index contributed by atoms with van der Waals surface area (Å²) >= 11 is 0. The number of urea groups is 1. The average Bonchev–Trinajstić information content (AvgIpc) is 3.72. The van der Waals surface area contributed by atoms with Gasteiger partial charge in [-0.15, -0.1) is 0 Å². The summed E-state index contributed by atoms with van der Waals surface area (Å²) in [5.74, 6) is 0.725. The predicted octanol–water partition coefficient (Wildman–Crippen LogP) is 7.04. The van der Waals surface area contributed by atoms with Gasteiger partial charge in [-0.05, 0) is 70.5 Å². The summed E-state index contributed by atoms with van der Waals surface area (Å²) in [6.45, 7) is 0.929. The molecule has 1 aromatic heterocycles. The molecule has 4 atom stereocenters. The quantitative estimate of drug-likeness (QED) is 0.129. The number of ether oxygens (including phenoxy) is 1. The number of nitrogens with one attached hydrogen (secondary N) is 1. The SMILES string of the molecule is O=C1N(Cc2ccc(OCc3ccccc3)cc2)[C@H](Cc2ccccc2)[C@H](O)[C@@H](O)[C@@H](Cc2ccccc2)N1Cc1cccc(-c2ccn[nH]2)c1. The molecule has 0 radical (unpaired) electrons. The second kappa shape index (κ2) is 15.9. The van der Waals surface area contributed by atoms with E-state index >= 15 is 4.79 Å². The third kappa shape index (κ3) is 8.20. The van der Waals surface area contributed by atoms with Crippen LogP contribution in [-0.2, 0) is 32.5 Å². The molecule has 2 heterocycles. The van der Waals surface area contributed by atoms with E-state index in [0.717, 1.165) is 44.8 Å². The van der Waals surface area contributed by atoms with Crippen LogP contribution in [0.4, 0.5) is 4.79 Å². The van der Waals surface area contributed by atoms with Crippen molar-refractivity contribution in [3.63, 3.8) is 0 Å². The first-order valence-corrected chi connectivity index (χ1v) is 17.4. The lowest BCUT2D eigenvalue weighted by Gasteiger charge is -2.36. The van der Waals surface area contributed by atoms with E-state index in [4.69, 9.17) is 4.74 Å². The third-order valence-corrected chi connectivity index (χ3v) is 9.62. The average molecular weight is 679 g/mol. The molecular weight excluding hydrogens is 636 g/mol. The largest absolute Gasteiger partial charge is 0.489 e. The molecule has 1 saturated heterocycles. The zero-order valence-electron chi connectivity index (χ0n) is 28.3. The minimum Gasteiger partial charge on any atom is -0.489 e. The summed E-state index contributed by atoms with van der Waals surface area (Å²) in [4.78, 5) is 18.6. The topological polar surface area (TPSA) is 102 Å². The molecule has 0 unspecified atom stereocenters. The summed E-state index contributed by atoms with van der Waals surface area (Å²) in [5, 5.41) is 31.3. The summed E-state index contributed by atoms with van der Waals surface area (Å²) in [6, 6.07) is 45.7. The fourth-order valence-electron chi connectivity index (χ4n) is 6.89. The van der Waals surface area contributed by atoms with Gasteiger partial charge in [-0.1, -0.05) is 121 Å². The molecular formula is C43H42N4O4. The third-order valence-electron chi connectivity index (χ3n) is 9.62. The van der Waals surface area contributed by atoms with Crippen LogP contribution in [0.3, 0.4) is 0 Å². The lowest BCUT2D eigenvalue weighted by atomic mass is 9.91. The fraction of sp³-hybridized carbons (Fsp3) is 0.209. The van der Waals surface area contributed by atoms with Crippen molar-refractivity contribution in [2.75, 3.05) is 0 Å². The van der Waals surface area contributed by atoms with E-state index in [0.29, 0.717) is 19.4 Å². The van der Waals surface area contributed by atoms with E-state index in [2.05, 4.69) is 10.2 Å². The summed E-state index contributed by atoms with van der Waals surface area (Å²) in [7, 11) is 0. The molecule has 258 valence electrons. The lowest BCUT2D eigenvalue weighted by molar-refractivity contribution is -0.0408. The molecule has 6 aromatic rings. The minimum atomic E-state index is -1.21. The first-order valence-electron chi connectivity index (χ1n) is 17.4. The first kappa shape index (κ1) is 33.8. The number of hydrogen-bond donors (Lipinski definition) is 3. The highest BCUT2D eigenvalue weighted by Crippen LogP contribution is 2.31. The molecule has 7 rings (SSSR count). The Hall–Kier alpha value is -5.70. The zero-order chi connectivity index (χ0) is 35.0. The van der Waals surface area contributed by atoms with E-state index in [1.807, 2.05) is 146 Å². The van der Waals surface area contributed by atoms with E-state index in [9.17, 15) is 10.2 Å². The van der Waals surface area contributed by atoms with Gasteiger partial charge in [0.25, 0.3) is 0 Å². The van der Waals surface area contributed by atoms with Crippen LogP contribution in [-0.4, -0.2) is 60.5 Å². The van der Waals surface area contributed by atoms with E-state index in [1.165, 1.54) is 0 Å². The molecule has 0 bridgehead atoms. The van der Waals surface area contributed by atoms with Crippen LogP contribution < -0.4 is 4.74 Å². The van der Waals surface area contributed by atoms with E-state index < -0.39 is 24.3 Å². The van der Waals surface area contributed by atoms with Gasteiger partial charge in [0, 0.05) is 19.3 Å². The number of aliphatic hydroxyl groups is 2. The number of rotatable bonds is 12. The number of aromatic nitrogens is 2. The van der Waals surface area contributed by atoms with Crippen molar-refractivity contribution in [1.29, 1.82) is 0 Å². The maximum atomic E-state index is 15.1. The minimum absolute atomic E-state index is 0.238. The van der Waals surface area contributed by atoms with Gasteiger partial charge in [0.2, 0.25) is 0 Å². The number of amides is 2. The van der Waals surface area contributed by atoms with Crippen LogP contribution >= 0.6 is 0 Å². The van der Waals surface area contributed by atoms with Gasteiger partial charge < -0.3 is 24.7 Å². The van der Waals surface area contributed by atoms with Crippen LogP contribution in [0.5, 0.6) is 5.75 Å². The predicted molar refractivity (Wildman–Crippen MR) is 198 cm³/mol. The Balaban J connectivity index is 1.23. The number of H-pyrrole nitrogens is 1. The van der Waals surface area contributed by atoms with Crippen molar-refractivity contribution in [3.8, 4) is 17.0 Å². The monoisotopic (exact) mass is 678 g/mol. The Bertz CT molecular complexity index is 1970. The Kier molecular flexibility index (Phi) is 10.5. The number of carbonyl (C=O) groups is 1. The summed E-state index contributed by atoms with van der Waals surface area (Å²) < 4.78 is 6.03. The van der Waals surface area contributed by atoms with Crippen molar-refractivity contribution < 1.29 is 19.7 Å². The van der Waals surface area contributed by atoms with Gasteiger partial charge in [-0.3, -0.25) is 5.10 Å². The molecule has 0 aliphatic carbocycles. The zero-order valence-corrected chi connectivity index (χ0v) is 28.3. The molecule has 5 aromatic carbocycles. The van der Waals surface area contributed by atoms with Crippen molar-refractivity contribution in [1.82, 2.24) is 20.0 Å². The van der Waals surface area contributed by atoms with Crippen LogP contribution in [0.2, 0.25) is 0 Å². The molecule has 1 aliphatic rings. The molecule has 0 spiro atoms. The Morgan fingerprint density at radius 2 is 1.12 bits per heavy atom. The second-order valence-electron chi connectivity index (χ2n) is 13.1. The van der Waals surface area contributed by atoms with Crippen LogP contribution in [0, 0.1) is 0 Å². The van der Waals surface area contributed by atoms with Crippen molar-refractivity contribution >= 4 is 6.03 Å². The highest BCUT2D eigenvalue weighted by atomic mass is 16.5. The van der Waals surface area contributed by atoms with Crippen LogP contribution in [0.1, 0.15) is 27.8 Å². The van der Waals surface area contributed by atoms with Crippen molar-refractivity contribution in [2.24, 2.45) is 0 Å². The Labute approximate surface area is 298 Å². The van der Waals surface area contributed by atoms with Gasteiger partial charge >= 0.3 is 6.03 Å². The number of hydrogen-bond acceptors (Lipinski definition) is 5. The fourth-order valence-corrected chi connectivity index (χ4v) is 6.89. The van der Waals surface area contributed by atoms with Gasteiger partial charge in [0.05, 0.1) is 17.8 Å². The summed E-state index contributed by atoms with van der Waals surface area (Å²) in [5.41, 5.74) is 6.62. The lowest BCUT2D eigenvalue weighted by Crippen LogP contribution is -2.50. The van der Waals surface area contributed by atoms with Gasteiger partial charge in [-0.2, -0.15) is 5.10 Å². The molecule has 8 nitrogen and oxygen atoms in total. The number of benzene rings is 5. The highest BCUT2D eigenvalue weighted by Gasteiger charge is 2.46. The van der Waals surface area contributed by atoms with Gasteiger partial charge in [0.1, 0.15) is 24.6 Å². The molecule has 1 aliphatic heterocycles. The van der Waals surface area contributed by atoms with Crippen LogP contribution in [0.25, 0.3) is 11.3 Å². The smallest absolute Gasteiger partial charge is 0.321 e. The van der Waals surface area contributed by atoms with Crippen molar-refractivity contribution in [2.45, 2.75) is 56.8 Å². The highest BCUT2D eigenvalue weighted by molar-refractivity contribution is 5.76. The molecule has 8 heteroatoms. The van der Waals surface area contributed by atoms with E-state index in [1.54, 1.807) is 16.0 Å². The van der Waals surface area contributed by atoms with Crippen LogP contribution in [0.15, 0.2) is 152 Å². The van der Waals surface area contributed by atoms with Gasteiger partial charge in [0.15, 0.2) is 0 Å². The standard InChI is InChI=1S/C43H42N4O4/c48-41-39(26-31-11-4-1-5-12-31)46(28-33-19-21-37(22-20-33)51-30-34-15-8-3-9-16-34)43(50)47(40(42(41)49)27-32-13-6-2-7-14-32)29-35-17-10-18-36(25-35)38-23-24-44-45-38/h1-25,39-42,48-49H,26-30H2,(H,44,45)/t39-,40-,41+,42+/m1/s1. The number of aliphatic hydroxyl groups excluding tert-OH is 2. The molecule has 1 fully saturated rings. The number of nitrogens with zero attached hydrogens (tertiary/aromatic N) is 3. The summed E-state index contributed by atoms with van der Waals surface area (Å²) in [6.07, 6.45) is 0.0464. The maximum absolute atomic E-state index is 15.1. The number of aromatic amines is 1. The molecule has 3 N–H and O–H groups in total. The number of carbonyl (C=O) groups excluding carboxylic acids is 1. The Morgan fingerprint density at radius 1 is 0.588 bits per heavy atom. The normalized spacial score (nSPS) is 19.1. The molecule has 51 heavy (non-hydrogen) atoms. The second-order valence-corrected chi connectivity index (χ2v) is 13.1. The van der Waals surface area contributed by atoms with E-state index in [-0.39, 0.29) is 19.1 Å². The van der Waals surface area contributed by atoms with Gasteiger partial charge in [-0.25, -0.2) is 4.79 Å². The Morgan fingerprint density at radius 3 is 1.67 bits per heavy atom. The molecule has 0 saturated carbocycles. The first-order chi connectivity index (χ1) is 25.0.